The summed E-state index contributed by atoms with van der Waals surface area (Å²) in [5, 5.41) is 6.18. The highest BCUT2D eigenvalue weighted by Gasteiger charge is 2.10. The van der Waals surface area contributed by atoms with E-state index in [0.717, 1.165) is 5.69 Å². The number of benzene rings is 2. The highest BCUT2D eigenvalue weighted by atomic mass is 32.1. The van der Waals surface area contributed by atoms with Gasteiger partial charge in [-0.1, -0.05) is 38.1 Å². The summed E-state index contributed by atoms with van der Waals surface area (Å²) >= 11 is 5.21. The average molecular weight is 336 g/mol. The zero-order valence-corrected chi connectivity index (χ0v) is 13.7. The van der Waals surface area contributed by atoms with E-state index < -0.39 is 6.61 Å². The van der Waals surface area contributed by atoms with Gasteiger partial charge in [0.15, 0.2) is 5.11 Å². The second kappa shape index (κ2) is 7.87. The molecule has 0 aliphatic carbocycles. The Balaban J connectivity index is 2.02. The molecule has 3 nitrogen and oxygen atoms in total. The van der Waals surface area contributed by atoms with Crippen LogP contribution in [0.4, 0.5) is 20.2 Å². The summed E-state index contributed by atoms with van der Waals surface area (Å²) in [6.45, 7) is 1.35. The van der Waals surface area contributed by atoms with Crippen molar-refractivity contribution in [1.29, 1.82) is 0 Å². The Kier molecular flexibility index (Phi) is 5.87. The van der Waals surface area contributed by atoms with Gasteiger partial charge in [-0.2, -0.15) is 8.78 Å². The zero-order valence-electron chi connectivity index (χ0n) is 12.8. The van der Waals surface area contributed by atoms with Gasteiger partial charge in [-0.25, -0.2) is 0 Å². The van der Waals surface area contributed by atoms with Crippen molar-refractivity contribution >= 4 is 28.7 Å². The lowest BCUT2D eigenvalue weighted by molar-refractivity contribution is -0.0493. The molecule has 2 rings (SSSR count). The second-order valence-corrected chi connectivity index (χ2v) is 5.64. The average Bonchev–Trinajstić information content (AvgIpc) is 2.49. The third-order valence-electron chi connectivity index (χ3n) is 3.19. The fourth-order valence-corrected chi connectivity index (χ4v) is 2.23. The SMILES string of the molecule is CC(C)c1ccc(NC(=S)Nc2ccccc2OC(F)F)cc1. The van der Waals surface area contributed by atoms with Crippen LogP contribution in [0.3, 0.4) is 0 Å². The molecular weight excluding hydrogens is 318 g/mol. The van der Waals surface area contributed by atoms with Crippen LogP contribution in [0.15, 0.2) is 48.5 Å². The maximum Gasteiger partial charge on any atom is 0.387 e. The standard InChI is InChI=1S/C17H18F2N2OS/c1-11(2)12-7-9-13(10-8-12)20-17(23)21-14-5-3-4-6-15(14)22-16(18)19/h3-11,16H,1-2H3,(H2,20,21,23). The number of thiocarbonyl (C=S) groups is 1. The van der Waals surface area contributed by atoms with E-state index in [-0.39, 0.29) is 5.75 Å². The molecule has 0 unspecified atom stereocenters. The van der Waals surface area contributed by atoms with Crippen LogP contribution in [0, 0.1) is 0 Å². The molecule has 0 fully saturated rings. The maximum absolute atomic E-state index is 12.4. The van der Waals surface area contributed by atoms with Gasteiger partial charge in [0.1, 0.15) is 5.75 Å². The zero-order chi connectivity index (χ0) is 16.8. The molecule has 0 amide bonds. The predicted octanol–water partition coefficient (Wildman–Crippen LogP) is 5.22. The molecule has 23 heavy (non-hydrogen) atoms. The Bertz CT molecular complexity index is 660. The third kappa shape index (κ3) is 5.17. The molecule has 2 N–H and O–H groups in total. The Labute approximate surface area is 139 Å². The van der Waals surface area contributed by atoms with Crippen molar-refractivity contribution < 1.29 is 13.5 Å². The van der Waals surface area contributed by atoms with Gasteiger partial charge in [-0.15, -0.1) is 0 Å². The molecular formula is C17H18F2N2OS. The molecule has 0 atom stereocenters. The minimum atomic E-state index is -2.89. The lowest BCUT2D eigenvalue weighted by Gasteiger charge is -2.14. The summed E-state index contributed by atoms with van der Waals surface area (Å²) in [6, 6.07) is 14.3. The number of hydrogen-bond acceptors (Lipinski definition) is 2. The molecule has 0 aliphatic rings. The van der Waals surface area contributed by atoms with Crippen molar-refractivity contribution in [2.24, 2.45) is 0 Å². The number of alkyl halides is 2. The summed E-state index contributed by atoms with van der Waals surface area (Å²) in [5.41, 5.74) is 2.42. The van der Waals surface area contributed by atoms with Crippen LogP contribution in [0.25, 0.3) is 0 Å². The van der Waals surface area contributed by atoms with E-state index in [0.29, 0.717) is 16.7 Å². The molecule has 122 valence electrons. The van der Waals surface area contributed by atoms with E-state index >= 15 is 0 Å². The largest absolute Gasteiger partial charge is 0.433 e. The molecule has 0 aromatic heterocycles. The monoisotopic (exact) mass is 336 g/mol. The molecule has 0 saturated carbocycles. The first kappa shape index (κ1) is 17.1. The van der Waals surface area contributed by atoms with Crippen LogP contribution < -0.4 is 15.4 Å². The molecule has 0 aliphatic heterocycles. The first-order valence-corrected chi connectivity index (χ1v) is 7.58. The number of nitrogens with one attached hydrogen (secondary N) is 2. The number of hydrogen-bond donors (Lipinski definition) is 2. The number of ether oxygens (including phenoxy) is 1. The van der Waals surface area contributed by atoms with E-state index in [2.05, 4.69) is 29.2 Å². The van der Waals surface area contributed by atoms with Crippen LogP contribution in [-0.2, 0) is 0 Å². The van der Waals surface area contributed by atoms with Crippen LogP contribution in [-0.4, -0.2) is 11.7 Å². The van der Waals surface area contributed by atoms with Crippen molar-refractivity contribution in [3.63, 3.8) is 0 Å². The van der Waals surface area contributed by atoms with Gasteiger partial charge in [-0.05, 0) is 48.0 Å². The minimum Gasteiger partial charge on any atom is -0.433 e. The molecule has 0 bridgehead atoms. The first-order chi connectivity index (χ1) is 11.0. The van der Waals surface area contributed by atoms with E-state index in [1.807, 2.05) is 24.3 Å². The molecule has 0 heterocycles. The Morgan fingerprint density at radius 1 is 1.00 bits per heavy atom. The first-order valence-electron chi connectivity index (χ1n) is 7.17. The van der Waals surface area contributed by atoms with Gasteiger partial charge in [0.25, 0.3) is 0 Å². The van der Waals surface area contributed by atoms with Crippen LogP contribution in [0.2, 0.25) is 0 Å². The fraction of sp³-hybridized carbons (Fsp3) is 0.235. The maximum atomic E-state index is 12.4. The van der Waals surface area contributed by atoms with Crippen molar-refractivity contribution in [3.8, 4) is 5.75 Å². The predicted molar refractivity (Wildman–Crippen MR) is 93.4 cm³/mol. The molecule has 0 radical (unpaired) electrons. The van der Waals surface area contributed by atoms with Gasteiger partial charge in [0.2, 0.25) is 0 Å². The van der Waals surface area contributed by atoms with Gasteiger partial charge in [-0.3, -0.25) is 0 Å². The lowest BCUT2D eigenvalue weighted by Crippen LogP contribution is -2.20. The van der Waals surface area contributed by atoms with E-state index in [1.54, 1.807) is 18.2 Å². The number of rotatable bonds is 5. The summed E-state index contributed by atoms with van der Waals surface area (Å²) in [7, 11) is 0. The van der Waals surface area contributed by atoms with Gasteiger partial charge in [0.05, 0.1) is 5.69 Å². The third-order valence-corrected chi connectivity index (χ3v) is 3.39. The van der Waals surface area contributed by atoms with E-state index in [9.17, 15) is 8.78 Å². The van der Waals surface area contributed by atoms with Crippen molar-refractivity contribution in [2.75, 3.05) is 10.6 Å². The van der Waals surface area contributed by atoms with Crippen LogP contribution >= 0.6 is 12.2 Å². The normalized spacial score (nSPS) is 10.7. The number of para-hydroxylation sites is 2. The lowest BCUT2D eigenvalue weighted by atomic mass is 10.0. The topological polar surface area (TPSA) is 33.3 Å². The fourth-order valence-electron chi connectivity index (χ4n) is 2.00. The van der Waals surface area contributed by atoms with Gasteiger partial charge >= 0.3 is 6.61 Å². The number of anilines is 2. The molecule has 0 saturated heterocycles. The second-order valence-electron chi connectivity index (χ2n) is 5.23. The summed E-state index contributed by atoms with van der Waals surface area (Å²) in [6.07, 6.45) is 0. The molecule has 2 aromatic carbocycles. The van der Waals surface area contributed by atoms with Crippen molar-refractivity contribution in [3.05, 3.63) is 54.1 Å². The Hall–Kier alpha value is -2.21. The summed E-state index contributed by atoms with van der Waals surface area (Å²) in [4.78, 5) is 0. The minimum absolute atomic E-state index is 0.0433. The molecule has 2 aromatic rings. The highest BCUT2D eigenvalue weighted by molar-refractivity contribution is 7.80. The Morgan fingerprint density at radius 3 is 2.26 bits per heavy atom. The van der Waals surface area contributed by atoms with Gasteiger partial charge < -0.3 is 15.4 Å². The Morgan fingerprint density at radius 2 is 1.65 bits per heavy atom. The summed E-state index contributed by atoms with van der Waals surface area (Å²) in [5.74, 6) is 0.495. The van der Waals surface area contributed by atoms with E-state index in [1.165, 1.54) is 11.6 Å². The molecule has 6 heteroatoms. The molecule has 0 spiro atoms. The van der Waals surface area contributed by atoms with Gasteiger partial charge in [0, 0.05) is 5.69 Å². The summed E-state index contributed by atoms with van der Waals surface area (Å²) < 4.78 is 29.2. The number of halogens is 2. The van der Waals surface area contributed by atoms with Crippen molar-refractivity contribution in [2.45, 2.75) is 26.4 Å². The van der Waals surface area contributed by atoms with Crippen LogP contribution in [0.1, 0.15) is 25.3 Å². The smallest absolute Gasteiger partial charge is 0.387 e. The van der Waals surface area contributed by atoms with E-state index in [4.69, 9.17) is 12.2 Å². The highest BCUT2D eigenvalue weighted by Crippen LogP contribution is 2.25. The quantitative estimate of drug-likeness (QED) is 0.733. The van der Waals surface area contributed by atoms with Crippen LogP contribution in [0.5, 0.6) is 5.75 Å². The van der Waals surface area contributed by atoms with Crippen molar-refractivity contribution in [1.82, 2.24) is 0 Å².